The van der Waals surface area contributed by atoms with Crippen molar-refractivity contribution < 1.29 is 19.0 Å². The lowest BCUT2D eigenvalue weighted by molar-refractivity contribution is 0.0472. The third-order valence-electron chi connectivity index (χ3n) is 4.22. The standard InChI is InChI=1S/C20H20O4S2/c21-19(15-3-5-16(6-4-15)20-25-10-1-11-26-20)24-13-14-2-7-17-18(12-14)23-9-8-22-17/h2-7,12,20H,1,8-11,13H2. The van der Waals surface area contributed by atoms with Crippen molar-refractivity contribution in [2.75, 3.05) is 24.7 Å². The van der Waals surface area contributed by atoms with Crippen LogP contribution in [-0.4, -0.2) is 30.7 Å². The molecule has 1 fully saturated rings. The van der Waals surface area contributed by atoms with Crippen molar-refractivity contribution in [3.05, 3.63) is 59.2 Å². The van der Waals surface area contributed by atoms with Crippen LogP contribution >= 0.6 is 23.5 Å². The van der Waals surface area contributed by atoms with E-state index in [0.717, 1.165) is 11.3 Å². The fraction of sp³-hybridized carbons (Fsp3) is 0.350. The number of benzene rings is 2. The van der Waals surface area contributed by atoms with Crippen LogP contribution in [0, 0.1) is 0 Å². The Morgan fingerprint density at radius 3 is 2.50 bits per heavy atom. The van der Waals surface area contributed by atoms with Gasteiger partial charge >= 0.3 is 5.97 Å². The highest BCUT2D eigenvalue weighted by Crippen LogP contribution is 2.43. The molecule has 2 aliphatic rings. The zero-order valence-corrected chi connectivity index (χ0v) is 15.9. The minimum atomic E-state index is -0.310. The van der Waals surface area contributed by atoms with Crippen molar-refractivity contribution in [3.63, 3.8) is 0 Å². The zero-order valence-electron chi connectivity index (χ0n) is 14.3. The van der Waals surface area contributed by atoms with E-state index >= 15 is 0 Å². The van der Waals surface area contributed by atoms with E-state index in [9.17, 15) is 4.79 Å². The van der Waals surface area contributed by atoms with Crippen molar-refractivity contribution in [2.24, 2.45) is 0 Å². The first-order valence-corrected chi connectivity index (χ1v) is 10.8. The van der Waals surface area contributed by atoms with E-state index in [4.69, 9.17) is 14.2 Å². The first kappa shape index (κ1) is 17.6. The number of fused-ring (bicyclic) bond motifs is 1. The Hall–Kier alpha value is -1.79. The van der Waals surface area contributed by atoms with Crippen molar-refractivity contribution in [3.8, 4) is 11.5 Å². The average Bonchev–Trinajstić information content (AvgIpc) is 2.72. The van der Waals surface area contributed by atoms with Crippen LogP contribution in [0.5, 0.6) is 11.5 Å². The molecule has 0 aliphatic carbocycles. The molecule has 0 N–H and O–H groups in total. The van der Waals surface area contributed by atoms with Gasteiger partial charge in [0.05, 0.1) is 10.1 Å². The van der Waals surface area contributed by atoms with Gasteiger partial charge < -0.3 is 14.2 Å². The monoisotopic (exact) mass is 388 g/mol. The lowest BCUT2D eigenvalue weighted by atomic mass is 10.1. The molecule has 2 heterocycles. The topological polar surface area (TPSA) is 44.8 Å². The predicted octanol–water partition coefficient (Wildman–Crippen LogP) is 4.68. The lowest BCUT2D eigenvalue weighted by Crippen LogP contribution is -2.15. The van der Waals surface area contributed by atoms with Crippen LogP contribution < -0.4 is 9.47 Å². The van der Waals surface area contributed by atoms with Crippen LogP contribution in [0.3, 0.4) is 0 Å². The summed E-state index contributed by atoms with van der Waals surface area (Å²) in [7, 11) is 0. The van der Waals surface area contributed by atoms with E-state index < -0.39 is 0 Å². The number of rotatable bonds is 4. The molecular weight excluding hydrogens is 368 g/mol. The molecule has 26 heavy (non-hydrogen) atoms. The molecule has 6 heteroatoms. The van der Waals surface area contributed by atoms with Gasteiger partial charge in [-0.05, 0) is 53.3 Å². The Morgan fingerprint density at radius 2 is 1.73 bits per heavy atom. The van der Waals surface area contributed by atoms with Gasteiger partial charge in [0.15, 0.2) is 11.5 Å². The summed E-state index contributed by atoms with van der Waals surface area (Å²) >= 11 is 3.95. The van der Waals surface area contributed by atoms with Crippen LogP contribution in [0.1, 0.15) is 32.5 Å². The molecule has 0 unspecified atom stereocenters. The number of hydrogen-bond donors (Lipinski definition) is 0. The van der Waals surface area contributed by atoms with Crippen LogP contribution in [0.25, 0.3) is 0 Å². The normalized spacial score (nSPS) is 16.9. The van der Waals surface area contributed by atoms with E-state index in [1.54, 1.807) is 0 Å². The Balaban J connectivity index is 1.36. The summed E-state index contributed by atoms with van der Waals surface area (Å²) in [6, 6.07) is 13.4. The van der Waals surface area contributed by atoms with E-state index in [2.05, 4.69) is 0 Å². The smallest absolute Gasteiger partial charge is 0.338 e. The summed E-state index contributed by atoms with van der Waals surface area (Å²) in [4.78, 5) is 12.3. The Bertz CT molecular complexity index is 770. The first-order chi connectivity index (χ1) is 12.8. The van der Waals surface area contributed by atoms with Crippen molar-refractivity contribution in [1.82, 2.24) is 0 Å². The van der Waals surface area contributed by atoms with E-state index in [-0.39, 0.29) is 12.6 Å². The fourth-order valence-electron chi connectivity index (χ4n) is 2.87. The second-order valence-corrected chi connectivity index (χ2v) is 8.83. The predicted molar refractivity (Wildman–Crippen MR) is 105 cm³/mol. The molecule has 1 saturated heterocycles. The van der Waals surface area contributed by atoms with Crippen LogP contribution in [0.2, 0.25) is 0 Å². The third-order valence-corrected chi connectivity index (χ3v) is 7.24. The van der Waals surface area contributed by atoms with E-state index in [1.807, 2.05) is 66.0 Å². The Morgan fingerprint density at radius 1 is 1.00 bits per heavy atom. The summed E-state index contributed by atoms with van der Waals surface area (Å²) < 4.78 is 17.0. The Labute approximate surface area is 161 Å². The molecule has 2 aromatic carbocycles. The number of hydrogen-bond acceptors (Lipinski definition) is 6. The molecule has 0 saturated carbocycles. The van der Waals surface area contributed by atoms with E-state index in [1.165, 1.54) is 23.5 Å². The average molecular weight is 389 g/mol. The van der Waals surface area contributed by atoms with Gasteiger partial charge in [-0.25, -0.2) is 4.79 Å². The number of ether oxygens (including phenoxy) is 3. The summed E-state index contributed by atoms with van der Waals surface area (Å²) in [6.07, 6.45) is 1.27. The maximum absolute atomic E-state index is 12.3. The molecular formula is C20H20O4S2. The molecule has 0 amide bonds. The summed E-state index contributed by atoms with van der Waals surface area (Å²) in [5.41, 5.74) is 2.73. The highest BCUT2D eigenvalue weighted by Gasteiger charge is 2.17. The SMILES string of the molecule is O=C(OCc1ccc2c(c1)OCCO2)c1ccc(C2SCCCS2)cc1. The minimum Gasteiger partial charge on any atom is -0.486 e. The van der Waals surface area contributed by atoms with Gasteiger partial charge in [-0.1, -0.05) is 18.2 Å². The van der Waals surface area contributed by atoms with Crippen LogP contribution in [-0.2, 0) is 11.3 Å². The molecule has 0 aromatic heterocycles. The molecule has 4 rings (SSSR count). The van der Waals surface area contributed by atoms with Gasteiger partial charge in [0.25, 0.3) is 0 Å². The summed E-state index contributed by atoms with van der Waals surface area (Å²) in [5.74, 6) is 3.54. The highest BCUT2D eigenvalue weighted by molar-refractivity contribution is 8.16. The largest absolute Gasteiger partial charge is 0.486 e. The van der Waals surface area contributed by atoms with Crippen LogP contribution in [0.15, 0.2) is 42.5 Å². The number of carbonyl (C=O) groups is 1. The third kappa shape index (κ3) is 4.13. The highest BCUT2D eigenvalue weighted by atomic mass is 32.2. The van der Waals surface area contributed by atoms with Crippen molar-refractivity contribution in [2.45, 2.75) is 17.6 Å². The molecule has 2 aliphatic heterocycles. The molecule has 2 aromatic rings. The summed E-state index contributed by atoms with van der Waals surface area (Å²) in [5, 5.41) is 0. The molecule has 136 valence electrons. The maximum atomic E-state index is 12.3. The van der Waals surface area contributed by atoms with E-state index in [0.29, 0.717) is 29.1 Å². The molecule has 0 bridgehead atoms. The van der Waals surface area contributed by atoms with Gasteiger partial charge in [-0.3, -0.25) is 0 Å². The van der Waals surface area contributed by atoms with Gasteiger partial charge in [-0.2, -0.15) is 0 Å². The quantitative estimate of drug-likeness (QED) is 0.709. The number of thioether (sulfide) groups is 2. The van der Waals surface area contributed by atoms with Crippen molar-refractivity contribution in [1.29, 1.82) is 0 Å². The zero-order chi connectivity index (χ0) is 17.8. The van der Waals surface area contributed by atoms with Gasteiger partial charge in [0, 0.05) is 0 Å². The van der Waals surface area contributed by atoms with Gasteiger partial charge in [0.2, 0.25) is 0 Å². The Kier molecular flexibility index (Phi) is 5.60. The maximum Gasteiger partial charge on any atom is 0.338 e. The molecule has 0 atom stereocenters. The van der Waals surface area contributed by atoms with Gasteiger partial charge in [-0.15, -0.1) is 23.5 Å². The molecule has 0 spiro atoms. The molecule has 4 nitrogen and oxygen atoms in total. The summed E-state index contributed by atoms with van der Waals surface area (Å²) in [6.45, 7) is 1.32. The fourth-order valence-corrected chi connectivity index (χ4v) is 5.76. The van der Waals surface area contributed by atoms with Crippen LogP contribution in [0.4, 0.5) is 0 Å². The lowest BCUT2D eigenvalue weighted by Gasteiger charge is -2.21. The molecule has 0 radical (unpaired) electrons. The van der Waals surface area contributed by atoms with Gasteiger partial charge in [0.1, 0.15) is 19.8 Å². The second-order valence-electron chi connectivity index (χ2n) is 6.10. The minimum absolute atomic E-state index is 0.214. The van der Waals surface area contributed by atoms with Crippen molar-refractivity contribution >= 4 is 29.5 Å². The number of carbonyl (C=O) groups excluding carboxylic acids is 1. The first-order valence-electron chi connectivity index (χ1n) is 8.68. The second kappa shape index (κ2) is 8.27. The number of esters is 1.